The molecule has 1 rings (SSSR count). The van der Waals surface area contributed by atoms with E-state index in [0.29, 0.717) is 5.69 Å². The molecule has 0 fully saturated rings. The molecule has 0 bridgehead atoms. The third-order valence-corrected chi connectivity index (χ3v) is 0.804. The molecule has 1 radical (unpaired) electrons. The zero-order valence-electron chi connectivity index (χ0n) is 4.72. The summed E-state index contributed by atoms with van der Waals surface area (Å²) in [5.74, 6) is -0.453. The average molecular weight is 198 g/mol. The van der Waals surface area contributed by atoms with E-state index in [9.17, 15) is 4.79 Å². The largest absolute Gasteiger partial charge is 0.450 e. The van der Waals surface area contributed by atoms with Gasteiger partial charge >= 0.3 is 0 Å². The summed E-state index contributed by atoms with van der Waals surface area (Å²) >= 11 is 0. The monoisotopic (exact) mass is 198 g/mol. The summed E-state index contributed by atoms with van der Waals surface area (Å²) in [5.41, 5.74) is 5.26. The quantitative estimate of drug-likeness (QED) is 0.608. The van der Waals surface area contributed by atoms with Gasteiger partial charge in [0.05, 0.1) is 0 Å². The normalized spacial score (nSPS) is 8.00. The molecule has 9 heavy (non-hydrogen) atoms. The Kier molecular flexibility index (Phi) is 3.74. The molecule has 1 aromatic rings. The number of rotatable bonds is 1. The predicted octanol–water partition coefficient (Wildman–Crippen LogP) is -0.0887. The molecular formula is C5H5N2OY-. The summed E-state index contributed by atoms with van der Waals surface area (Å²) in [6.45, 7) is 0. The second-order valence-corrected chi connectivity index (χ2v) is 1.38. The molecule has 0 aliphatic heterocycles. The van der Waals surface area contributed by atoms with E-state index in [1.54, 1.807) is 0 Å². The first-order chi connectivity index (χ1) is 3.80. The summed E-state index contributed by atoms with van der Waals surface area (Å²) < 4.78 is 0. The second-order valence-electron chi connectivity index (χ2n) is 1.38. The fourth-order valence-corrected chi connectivity index (χ4v) is 0.428. The molecule has 3 N–H and O–H groups in total. The van der Waals surface area contributed by atoms with E-state index in [1.807, 2.05) is 0 Å². The number of primary amides is 1. The average Bonchev–Trinajstić information content (AvgIpc) is 2.12. The number of hydrogen-bond acceptors (Lipinski definition) is 1. The van der Waals surface area contributed by atoms with E-state index < -0.39 is 5.91 Å². The second kappa shape index (κ2) is 3.80. The standard InChI is InChI=1S/C5H5N2O.Y/c6-5(8)4-2-1-3-7-4;/h2-3,7H,(H2,6,8);/q-1;. The van der Waals surface area contributed by atoms with Gasteiger partial charge < -0.3 is 10.7 Å². The van der Waals surface area contributed by atoms with Crippen LogP contribution in [-0.2, 0) is 32.7 Å². The number of aromatic nitrogens is 1. The maximum absolute atomic E-state index is 10.2. The van der Waals surface area contributed by atoms with Crippen LogP contribution >= 0.6 is 0 Å². The van der Waals surface area contributed by atoms with Gasteiger partial charge in [-0.05, 0) is 0 Å². The zero-order valence-corrected chi connectivity index (χ0v) is 7.56. The van der Waals surface area contributed by atoms with Gasteiger partial charge in [-0.2, -0.15) is 0 Å². The Labute approximate surface area is 77.9 Å². The molecule has 0 atom stereocenters. The minimum absolute atomic E-state index is 0. The third kappa shape index (κ3) is 2.28. The fraction of sp³-hybridized carbons (Fsp3) is 0. The summed E-state index contributed by atoms with van der Waals surface area (Å²) in [7, 11) is 0. The third-order valence-electron chi connectivity index (χ3n) is 0.804. The number of carbonyl (C=O) groups excluding carboxylic acids is 1. The maximum Gasteiger partial charge on any atom is 0.182 e. The Hall–Kier alpha value is -0.146. The number of aromatic amines is 1. The van der Waals surface area contributed by atoms with Crippen molar-refractivity contribution in [2.24, 2.45) is 5.73 Å². The molecule has 1 heterocycles. The van der Waals surface area contributed by atoms with E-state index in [1.165, 1.54) is 12.3 Å². The van der Waals surface area contributed by atoms with Gasteiger partial charge in [-0.3, -0.25) is 4.79 Å². The Morgan fingerprint density at radius 3 is 2.67 bits per heavy atom. The van der Waals surface area contributed by atoms with Crippen LogP contribution in [0.4, 0.5) is 0 Å². The molecule has 45 valence electrons. The summed E-state index contributed by atoms with van der Waals surface area (Å²) in [6, 6.07) is 4.16. The van der Waals surface area contributed by atoms with E-state index in [-0.39, 0.29) is 32.7 Å². The van der Waals surface area contributed by atoms with Crippen molar-refractivity contribution in [1.29, 1.82) is 0 Å². The maximum atomic E-state index is 10.2. The smallest absolute Gasteiger partial charge is 0.182 e. The van der Waals surface area contributed by atoms with Crippen molar-refractivity contribution in [3.05, 3.63) is 24.0 Å². The summed E-state index contributed by atoms with van der Waals surface area (Å²) in [4.78, 5) is 12.8. The first kappa shape index (κ1) is 8.85. The van der Waals surface area contributed by atoms with Crippen LogP contribution in [0.3, 0.4) is 0 Å². The van der Waals surface area contributed by atoms with Crippen LogP contribution in [0, 0.1) is 6.07 Å². The van der Waals surface area contributed by atoms with Gasteiger partial charge in [-0.25, -0.2) is 12.1 Å². The van der Waals surface area contributed by atoms with Crippen molar-refractivity contribution in [3.8, 4) is 0 Å². The van der Waals surface area contributed by atoms with E-state index in [4.69, 9.17) is 5.73 Å². The molecule has 0 aliphatic rings. The number of nitrogens with one attached hydrogen (secondary N) is 1. The molecule has 0 saturated carbocycles. The molecule has 0 unspecified atom stereocenters. The molecule has 4 heteroatoms. The number of amides is 1. The number of hydrogen-bond donors (Lipinski definition) is 2. The minimum atomic E-state index is -0.453. The molecule has 0 saturated heterocycles. The number of nitrogens with two attached hydrogens (primary N) is 1. The van der Waals surface area contributed by atoms with E-state index >= 15 is 0 Å². The first-order valence-corrected chi connectivity index (χ1v) is 2.15. The van der Waals surface area contributed by atoms with Gasteiger partial charge in [0.25, 0.3) is 0 Å². The first-order valence-electron chi connectivity index (χ1n) is 2.15. The van der Waals surface area contributed by atoms with Crippen molar-refractivity contribution in [3.63, 3.8) is 0 Å². The summed E-state index contributed by atoms with van der Waals surface area (Å²) in [6.07, 6.45) is 1.53. The van der Waals surface area contributed by atoms with Crippen molar-refractivity contribution < 1.29 is 37.5 Å². The molecule has 0 aromatic carbocycles. The molecule has 3 nitrogen and oxygen atoms in total. The van der Waals surface area contributed by atoms with Crippen LogP contribution in [0.25, 0.3) is 0 Å². The van der Waals surface area contributed by atoms with Crippen LogP contribution in [0.5, 0.6) is 0 Å². The molecule has 0 spiro atoms. The van der Waals surface area contributed by atoms with Crippen LogP contribution < -0.4 is 5.73 Å². The fourth-order valence-electron chi connectivity index (χ4n) is 0.428. The van der Waals surface area contributed by atoms with Gasteiger partial charge in [-0.1, -0.05) is 5.69 Å². The van der Waals surface area contributed by atoms with Crippen molar-refractivity contribution >= 4 is 5.91 Å². The van der Waals surface area contributed by atoms with Crippen LogP contribution in [0.2, 0.25) is 0 Å². The zero-order chi connectivity index (χ0) is 5.98. The molecule has 1 amide bonds. The SMILES string of the molecule is NC(=O)c1c[c-]c[nH]1.[Y]. The van der Waals surface area contributed by atoms with Crippen LogP contribution in [0.15, 0.2) is 12.3 Å². The number of H-pyrrole nitrogens is 1. The Bertz CT molecular complexity index is 183. The Balaban J connectivity index is 0.000000640. The molecule has 0 aliphatic carbocycles. The van der Waals surface area contributed by atoms with E-state index in [0.717, 1.165) is 0 Å². The van der Waals surface area contributed by atoms with Gasteiger partial charge in [0.1, 0.15) is 0 Å². The van der Waals surface area contributed by atoms with Crippen LogP contribution in [-0.4, -0.2) is 10.9 Å². The van der Waals surface area contributed by atoms with E-state index in [2.05, 4.69) is 11.1 Å². The van der Waals surface area contributed by atoms with Gasteiger partial charge in [0.15, 0.2) is 5.91 Å². The van der Waals surface area contributed by atoms with Gasteiger partial charge in [0, 0.05) is 32.7 Å². The van der Waals surface area contributed by atoms with Gasteiger partial charge in [0.2, 0.25) is 0 Å². The Morgan fingerprint density at radius 1 is 1.78 bits per heavy atom. The van der Waals surface area contributed by atoms with Crippen molar-refractivity contribution in [2.45, 2.75) is 0 Å². The topological polar surface area (TPSA) is 58.9 Å². The molecular weight excluding hydrogens is 193 g/mol. The van der Waals surface area contributed by atoms with Crippen molar-refractivity contribution in [2.75, 3.05) is 0 Å². The number of carbonyl (C=O) groups is 1. The minimum Gasteiger partial charge on any atom is -0.450 e. The summed E-state index contributed by atoms with van der Waals surface area (Å²) in [5, 5.41) is 0. The Morgan fingerprint density at radius 2 is 2.44 bits per heavy atom. The van der Waals surface area contributed by atoms with Crippen LogP contribution in [0.1, 0.15) is 10.5 Å². The van der Waals surface area contributed by atoms with Crippen molar-refractivity contribution in [1.82, 2.24) is 4.98 Å². The molecule has 1 aromatic heterocycles. The predicted molar refractivity (Wildman–Crippen MR) is 28.1 cm³/mol. The van der Waals surface area contributed by atoms with Gasteiger partial charge in [-0.15, -0.1) is 6.20 Å².